The predicted molar refractivity (Wildman–Crippen MR) is 122 cm³/mol. The van der Waals surface area contributed by atoms with Gasteiger partial charge in [0.25, 0.3) is 0 Å². The van der Waals surface area contributed by atoms with E-state index >= 15 is 0 Å². The molecule has 0 unspecified atom stereocenters. The molecule has 1 aliphatic rings. The Bertz CT molecular complexity index is 1200. The average Bonchev–Trinajstić information content (AvgIpc) is 2.83. The average molecular weight is 471 g/mol. The first-order valence-electron chi connectivity index (χ1n) is 10.7. The molecule has 0 bridgehead atoms. The summed E-state index contributed by atoms with van der Waals surface area (Å²) in [5.74, 6) is 0.355. The maximum Gasteiger partial charge on any atom is 0.416 e. The van der Waals surface area contributed by atoms with Crippen molar-refractivity contribution in [1.29, 1.82) is 0 Å². The largest absolute Gasteiger partial charge is 0.489 e. The van der Waals surface area contributed by atoms with E-state index in [1.54, 1.807) is 25.1 Å². The summed E-state index contributed by atoms with van der Waals surface area (Å²) in [5, 5.41) is 4.59. The van der Waals surface area contributed by atoms with Gasteiger partial charge in [-0.05, 0) is 31.2 Å². The number of benzene rings is 3. The Balaban J connectivity index is 1.48. The number of halogens is 3. The number of fused-ring (bicyclic) bond motifs is 1. The minimum atomic E-state index is -4.46. The van der Waals surface area contributed by atoms with E-state index in [1.807, 2.05) is 24.3 Å². The van der Waals surface area contributed by atoms with Gasteiger partial charge in [0.15, 0.2) is 6.29 Å². The molecule has 1 N–H and O–H groups in total. The summed E-state index contributed by atoms with van der Waals surface area (Å²) in [6.07, 6.45) is -3.79. The molecule has 34 heavy (non-hydrogen) atoms. The lowest BCUT2D eigenvalue weighted by molar-refractivity contribution is -0.226. The molecule has 8 heteroatoms. The highest BCUT2D eigenvalue weighted by atomic mass is 19.4. The predicted octanol–water partition coefficient (Wildman–Crippen LogP) is 6.11. The van der Waals surface area contributed by atoms with Crippen LogP contribution in [-0.4, -0.2) is 25.7 Å². The van der Waals surface area contributed by atoms with E-state index in [9.17, 15) is 18.0 Å². The molecule has 0 aliphatic carbocycles. The molecule has 5 nitrogen and oxygen atoms in total. The van der Waals surface area contributed by atoms with Crippen molar-refractivity contribution in [1.82, 2.24) is 0 Å². The standard InChI is InChI=1S/C26H24F3NO4/c1-3-13-32-22-12-11-21(19-9-4-5-10-20(19)22)30-24(31)25(2)15-33-23(34-16-25)17-7-6-8-18(14-17)26(27,28)29/h3-12,14,23H,1,13,15-16H2,2H3,(H,30,31). The van der Waals surface area contributed by atoms with Crippen molar-refractivity contribution in [3.05, 3.63) is 84.4 Å². The maximum absolute atomic E-state index is 13.2. The molecule has 1 amide bonds. The van der Waals surface area contributed by atoms with Gasteiger partial charge in [-0.25, -0.2) is 0 Å². The number of nitrogens with one attached hydrogen (secondary N) is 1. The summed E-state index contributed by atoms with van der Waals surface area (Å²) < 4.78 is 56.1. The lowest BCUT2D eigenvalue weighted by atomic mass is 9.90. The second kappa shape index (κ2) is 9.48. The number of ether oxygens (including phenoxy) is 3. The minimum absolute atomic E-state index is 0.0157. The highest BCUT2D eigenvalue weighted by Gasteiger charge is 2.40. The minimum Gasteiger partial charge on any atom is -0.489 e. The number of amides is 1. The van der Waals surface area contributed by atoms with E-state index in [4.69, 9.17) is 14.2 Å². The van der Waals surface area contributed by atoms with Crippen molar-refractivity contribution < 1.29 is 32.2 Å². The second-order valence-corrected chi connectivity index (χ2v) is 8.35. The van der Waals surface area contributed by atoms with Crippen LogP contribution in [0.3, 0.4) is 0 Å². The number of carbonyl (C=O) groups excluding carboxylic acids is 1. The van der Waals surface area contributed by atoms with Crippen LogP contribution in [0.4, 0.5) is 18.9 Å². The number of hydrogen-bond acceptors (Lipinski definition) is 4. The molecule has 0 radical (unpaired) electrons. The van der Waals surface area contributed by atoms with Crippen molar-refractivity contribution in [2.75, 3.05) is 25.1 Å². The van der Waals surface area contributed by atoms with Gasteiger partial charge >= 0.3 is 6.18 Å². The Morgan fingerprint density at radius 3 is 2.50 bits per heavy atom. The first-order chi connectivity index (χ1) is 16.2. The van der Waals surface area contributed by atoms with Crippen molar-refractivity contribution in [3.8, 4) is 5.75 Å². The highest BCUT2D eigenvalue weighted by Crippen LogP contribution is 2.37. The van der Waals surface area contributed by atoms with E-state index in [1.165, 1.54) is 12.1 Å². The fraction of sp³-hybridized carbons (Fsp3) is 0.269. The normalized spacial score (nSPS) is 20.6. The molecular weight excluding hydrogens is 447 g/mol. The third-order valence-corrected chi connectivity index (χ3v) is 5.63. The van der Waals surface area contributed by atoms with Gasteiger partial charge < -0.3 is 19.5 Å². The zero-order valence-electron chi connectivity index (χ0n) is 18.5. The fourth-order valence-electron chi connectivity index (χ4n) is 3.72. The highest BCUT2D eigenvalue weighted by molar-refractivity contribution is 6.05. The van der Waals surface area contributed by atoms with E-state index in [0.29, 0.717) is 18.0 Å². The Kier molecular flexibility index (Phi) is 6.63. The maximum atomic E-state index is 13.2. The molecule has 3 aromatic rings. The topological polar surface area (TPSA) is 56.8 Å². The van der Waals surface area contributed by atoms with Gasteiger partial charge in [-0.3, -0.25) is 4.79 Å². The van der Waals surface area contributed by atoms with Crippen LogP contribution in [0.15, 0.2) is 73.3 Å². The van der Waals surface area contributed by atoms with E-state index in [0.717, 1.165) is 22.9 Å². The Morgan fingerprint density at radius 1 is 1.12 bits per heavy atom. The molecule has 178 valence electrons. The first kappa shape index (κ1) is 23.8. The van der Waals surface area contributed by atoms with Gasteiger partial charge in [-0.2, -0.15) is 13.2 Å². The fourth-order valence-corrected chi connectivity index (χ4v) is 3.72. The number of rotatable bonds is 6. The Labute approximate surface area is 195 Å². The summed E-state index contributed by atoms with van der Waals surface area (Å²) in [7, 11) is 0. The van der Waals surface area contributed by atoms with Gasteiger partial charge in [-0.15, -0.1) is 0 Å². The molecule has 1 saturated heterocycles. The van der Waals surface area contributed by atoms with Crippen LogP contribution in [-0.2, 0) is 20.4 Å². The third kappa shape index (κ3) is 4.93. The van der Waals surface area contributed by atoms with Crippen LogP contribution in [0.5, 0.6) is 5.75 Å². The molecule has 0 aromatic heterocycles. The van der Waals surface area contributed by atoms with Crippen LogP contribution in [0.1, 0.15) is 24.3 Å². The molecule has 0 atom stereocenters. The van der Waals surface area contributed by atoms with Crippen LogP contribution in [0.2, 0.25) is 0 Å². The number of carbonyl (C=O) groups is 1. The molecule has 0 spiro atoms. The first-order valence-corrected chi connectivity index (χ1v) is 10.7. The summed E-state index contributed by atoms with van der Waals surface area (Å²) >= 11 is 0. The zero-order valence-corrected chi connectivity index (χ0v) is 18.5. The van der Waals surface area contributed by atoms with Gasteiger partial charge in [0, 0.05) is 22.0 Å². The van der Waals surface area contributed by atoms with E-state index in [2.05, 4.69) is 11.9 Å². The van der Waals surface area contributed by atoms with Crippen LogP contribution >= 0.6 is 0 Å². The lowest BCUT2D eigenvalue weighted by Gasteiger charge is -2.36. The van der Waals surface area contributed by atoms with Gasteiger partial charge in [0.05, 0.1) is 24.2 Å². The van der Waals surface area contributed by atoms with Crippen LogP contribution in [0, 0.1) is 5.41 Å². The van der Waals surface area contributed by atoms with Crippen molar-refractivity contribution in [2.24, 2.45) is 5.41 Å². The monoisotopic (exact) mass is 471 g/mol. The number of hydrogen-bond donors (Lipinski definition) is 1. The zero-order chi connectivity index (χ0) is 24.3. The Hall–Kier alpha value is -3.36. The van der Waals surface area contributed by atoms with Gasteiger partial charge in [0.1, 0.15) is 12.4 Å². The lowest BCUT2D eigenvalue weighted by Crippen LogP contribution is -2.45. The quantitative estimate of drug-likeness (QED) is 0.441. The molecular formula is C26H24F3NO4. The van der Waals surface area contributed by atoms with Crippen LogP contribution in [0.25, 0.3) is 10.8 Å². The van der Waals surface area contributed by atoms with Gasteiger partial charge in [0.2, 0.25) is 5.91 Å². The second-order valence-electron chi connectivity index (χ2n) is 8.35. The van der Waals surface area contributed by atoms with Crippen molar-refractivity contribution >= 4 is 22.4 Å². The molecule has 3 aromatic carbocycles. The van der Waals surface area contributed by atoms with E-state index < -0.39 is 23.4 Å². The summed E-state index contributed by atoms with van der Waals surface area (Å²) in [4.78, 5) is 13.2. The molecule has 1 fully saturated rings. The molecule has 0 saturated carbocycles. The summed E-state index contributed by atoms with van der Waals surface area (Å²) in [6, 6.07) is 15.9. The summed E-state index contributed by atoms with van der Waals surface area (Å²) in [5.41, 5.74) is -0.959. The van der Waals surface area contributed by atoms with E-state index in [-0.39, 0.29) is 24.7 Å². The smallest absolute Gasteiger partial charge is 0.416 e. The van der Waals surface area contributed by atoms with Crippen LogP contribution < -0.4 is 10.1 Å². The van der Waals surface area contributed by atoms with Crippen molar-refractivity contribution in [2.45, 2.75) is 19.4 Å². The van der Waals surface area contributed by atoms with Gasteiger partial charge in [-0.1, -0.05) is 49.1 Å². The SMILES string of the molecule is C=CCOc1ccc(NC(=O)C2(C)COC(c3cccc(C(F)(F)F)c3)OC2)c2ccccc12. The van der Waals surface area contributed by atoms with Crippen molar-refractivity contribution in [3.63, 3.8) is 0 Å². The number of alkyl halides is 3. The molecule has 1 aliphatic heterocycles. The number of anilines is 1. The Morgan fingerprint density at radius 2 is 1.82 bits per heavy atom. The third-order valence-electron chi connectivity index (χ3n) is 5.63. The molecule has 4 rings (SSSR count). The molecule has 1 heterocycles. The summed E-state index contributed by atoms with van der Waals surface area (Å²) in [6.45, 7) is 5.67.